The quantitative estimate of drug-likeness (QED) is 0.323. The van der Waals surface area contributed by atoms with E-state index in [1.807, 2.05) is 0 Å². The summed E-state index contributed by atoms with van der Waals surface area (Å²) in [6, 6.07) is 0. The average Bonchev–Trinajstić information content (AvgIpc) is 2.57. The van der Waals surface area contributed by atoms with Gasteiger partial charge in [0.25, 0.3) is 0 Å². The van der Waals surface area contributed by atoms with Crippen LogP contribution in [0.5, 0.6) is 0 Å². The van der Waals surface area contributed by atoms with Crippen molar-refractivity contribution in [2.24, 2.45) is 17.8 Å². The monoisotopic (exact) mass is 440 g/mol. The standard InChI is InChI=1S/C25H48O4Si/c1-4-7-19(22-10-13-26-22)16-25(29-30,17-20(8-5-2)23-11-14-27-23)18-21(9-6-3)24-12-15-28-24/h19-24H,4-18H2,1-3,30H3. The van der Waals surface area contributed by atoms with E-state index in [-0.39, 0.29) is 5.60 Å². The fourth-order valence-electron chi connectivity index (χ4n) is 6.18. The van der Waals surface area contributed by atoms with E-state index >= 15 is 0 Å². The van der Waals surface area contributed by atoms with E-state index in [9.17, 15) is 0 Å². The summed E-state index contributed by atoms with van der Waals surface area (Å²) < 4.78 is 24.7. The Kier molecular flexibility index (Phi) is 10.2. The van der Waals surface area contributed by atoms with Crippen LogP contribution in [0.4, 0.5) is 0 Å². The molecule has 0 aromatic carbocycles. The zero-order chi connectivity index (χ0) is 21.4. The molecule has 3 saturated heterocycles. The Hall–Kier alpha value is 0.0569. The van der Waals surface area contributed by atoms with Gasteiger partial charge in [0.2, 0.25) is 0 Å². The first kappa shape index (κ1) is 24.7. The summed E-state index contributed by atoms with van der Waals surface area (Å²) in [4.78, 5) is 0. The summed E-state index contributed by atoms with van der Waals surface area (Å²) in [5, 5.41) is 0. The molecule has 176 valence electrons. The Morgan fingerprint density at radius 1 is 0.700 bits per heavy atom. The lowest BCUT2D eigenvalue weighted by molar-refractivity contribution is -0.139. The van der Waals surface area contributed by atoms with E-state index in [0.29, 0.717) is 36.1 Å². The minimum Gasteiger partial charge on any atom is -0.422 e. The molecule has 0 bridgehead atoms. The van der Waals surface area contributed by atoms with Crippen LogP contribution in [0, 0.1) is 17.8 Å². The van der Waals surface area contributed by atoms with Gasteiger partial charge >= 0.3 is 0 Å². The van der Waals surface area contributed by atoms with Crippen LogP contribution in [0.2, 0.25) is 0 Å². The lowest BCUT2D eigenvalue weighted by Crippen LogP contribution is -2.48. The average molecular weight is 441 g/mol. The first-order valence-electron chi connectivity index (χ1n) is 13.0. The topological polar surface area (TPSA) is 36.9 Å². The molecule has 6 atom stereocenters. The van der Waals surface area contributed by atoms with Crippen molar-refractivity contribution < 1.29 is 18.6 Å². The molecule has 0 spiro atoms. The van der Waals surface area contributed by atoms with Crippen molar-refractivity contribution >= 4 is 10.5 Å². The highest BCUT2D eigenvalue weighted by Crippen LogP contribution is 2.44. The SMILES string of the molecule is CCCC(CC(CC(CCC)C1CCO1)(CC(CCC)C1CCO1)O[SiH3])C1CCO1. The van der Waals surface area contributed by atoms with Gasteiger partial charge in [0.15, 0.2) is 0 Å². The molecule has 0 amide bonds. The molecule has 0 aromatic heterocycles. The van der Waals surface area contributed by atoms with Gasteiger partial charge < -0.3 is 18.6 Å². The highest BCUT2D eigenvalue weighted by atomic mass is 28.2. The summed E-state index contributed by atoms with van der Waals surface area (Å²) in [5.41, 5.74) is -0.0252. The fourth-order valence-corrected chi connectivity index (χ4v) is 6.68. The van der Waals surface area contributed by atoms with Crippen LogP contribution in [-0.2, 0) is 18.6 Å². The number of ether oxygens (including phenoxy) is 3. The summed E-state index contributed by atoms with van der Waals surface area (Å²) in [6.07, 6.45) is 16.0. The molecule has 4 nitrogen and oxygen atoms in total. The lowest BCUT2D eigenvalue weighted by Gasteiger charge is -2.48. The Morgan fingerprint density at radius 3 is 1.17 bits per heavy atom. The molecule has 3 rings (SSSR count). The molecule has 30 heavy (non-hydrogen) atoms. The summed E-state index contributed by atoms with van der Waals surface area (Å²) in [7, 11) is 0.798. The van der Waals surface area contributed by atoms with Crippen LogP contribution >= 0.6 is 0 Å². The maximum absolute atomic E-state index is 6.70. The van der Waals surface area contributed by atoms with Gasteiger partial charge in [-0.05, 0) is 75.5 Å². The molecule has 0 aliphatic carbocycles. The van der Waals surface area contributed by atoms with Crippen LogP contribution < -0.4 is 0 Å². The Bertz CT molecular complexity index is 411. The third kappa shape index (κ3) is 6.31. The van der Waals surface area contributed by atoms with Crippen molar-refractivity contribution in [3.8, 4) is 0 Å². The molecule has 3 fully saturated rings. The predicted octanol–water partition coefficient (Wildman–Crippen LogP) is 4.81. The zero-order valence-electron chi connectivity index (χ0n) is 20.2. The second-order valence-corrected chi connectivity index (χ2v) is 10.6. The number of rotatable bonds is 16. The Balaban J connectivity index is 1.79. The molecule has 0 saturated carbocycles. The Morgan fingerprint density at radius 2 is 1.00 bits per heavy atom. The normalized spacial score (nSPS) is 31.1. The van der Waals surface area contributed by atoms with Gasteiger partial charge in [-0.3, -0.25) is 0 Å². The molecule has 5 heteroatoms. The van der Waals surface area contributed by atoms with Gasteiger partial charge in [-0.25, -0.2) is 0 Å². The molecule has 3 aliphatic rings. The molecule has 6 unspecified atom stereocenters. The van der Waals surface area contributed by atoms with Crippen LogP contribution in [-0.4, -0.2) is 54.2 Å². The second-order valence-electron chi connectivity index (χ2n) is 10.2. The smallest absolute Gasteiger partial charge is 0.146 e. The van der Waals surface area contributed by atoms with E-state index in [0.717, 1.165) is 49.6 Å². The summed E-state index contributed by atoms with van der Waals surface area (Å²) in [6.45, 7) is 9.80. The highest BCUT2D eigenvalue weighted by molar-refractivity contribution is 5.98. The van der Waals surface area contributed by atoms with Crippen molar-refractivity contribution in [2.45, 2.75) is 122 Å². The highest BCUT2D eigenvalue weighted by Gasteiger charge is 2.44. The first-order chi connectivity index (χ1) is 14.6. The van der Waals surface area contributed by atoms with Crippen LogP contribution in [0.1, 0.15) is 97.8 Å². The van der Waals surface area contributed by atoms with Crippen molar-refractivity contribution in [3.05, 3.63) is 0 Å². The fraction of sp³-hybridized carbons (Fsp3) is 1.00. The van der Waals surface area contributed by atoms with Crippen molar-refractivity contribution in [1.29, 1.82) is 0 Å². The van der Waals surface area contributed by atoms with Crippen molar-refractivity contribution in [2.75, 3.05) is 19.8 Å². The third-order valence-corrected chi connectivity index (χ3v) is 8.96. The van der Waals surface area contributed by atoms with Gasteiger partial charge in [-0.2, -0.15) is 0 Å². The maximum atomic E-state index is 6.70. The van der Waals surface area contributed by atoms with Gasteiger partial charge in [0.1, 0.15) is 10.5 Å². The number of hydrogen-bond acceptors (Lipinski definition) is 4. The molecule has 3 heterocycles. The molecule has 0 aromatic rings. The summed E-state index contributed by atoms with van der Waals surface area (Å²) in [5.74, 6) is 1.89. The maximum Gasteiger partial charge on any atom is 0.146 e. The van der Waals surface area contributed by atoms with E-state index in [2.05, 4.69) is 20.8 Å². The Labute approximate surface area is 188 Å². The minimum absolute atomic E-state index is 0.0252. The third-order valence-electron chi connectivity index (χ3n) is 8.09. The molecular weight excluding hydrogens is 392 g/mol. The zero-order valence-corrected chi connectivity index (χ0v) is 22.2. The first-order valence-corrected chi connectivity index (χ1v) is 13.9. The van der Waals surface area contributed by atoms with Gasteiger partial charge in [-0.1, -0.05) is 40.0 Å². The van der Waals surface area contributed by atoms with Crippen molar-refractivity contribution in [1.82, 2.24) is 0 Å². The van der Waals surface area contributed by atoms with E-state index < -0.39 is 0 Å². The molecular formula is C25H48O4Si. The van der Waals surface area contributed by atoms with E-state index in [4.69, 9.17) is 18.6 Å². The minimum atomic E-state index is -0.0252. The number of hydrogen-bond donors (Lipinski definition) is 0. The van der Waals surface area contributed by atoms with Crippen LogP contribution in [0.15, 0.2) is 0 Å². The summed E-state index contributed by atoms with van der Waals surface area (Å²) >= 11 is 0. The predicted molar refractivity (Wildman–Crippen MR) is 126 cm³/mol. The van der Waals surface area contributed by atoms with Gasteiger partial charge in [-0.15, -0.1) is 0 Å². The van der Waals surface area contributed by atoms with Gasteiger partial charge in [0, 0.05) is 19.8 Å². The second kappa shape index (κ2) is 12.3. The van der Waals surface area contributed by atoms with Crippen LogP contribution in [0.3, 0.4) is 0 Å². The van der Waals surface area contributed by atoms with E-state index in [1.165, 1.54) is 57.8 Å². The molecule has 0 N–H and O–H groups in total. The lowest BCUT2D eigenvalue weighted by atomic mass is 9.70. The van der Waals surface area contributed by atoms with E-state index in [1.54, 1.807) is 0 Å². The van der Waals surface area contributed by atoms with Crippen LogP contribution in [0.25, 0.3) is 0 Å². The molecule has 3 aliphatic heterocycles. The van der Waals surface area contributed by atoms with Gasteiger partial charge in [0.05, 0.1) is 23.9 Å². The largest absolute Gasteiger partial charge is 0.422 e. The molecule has 0 radical (unpaired) electrons. The van der Waals surface area contributed by atoms with Crippen molar-refractivity contribution in [3.63, 3.8) is 0 Å².